The van der Waals surface area contributed by atoms with Gasteiger partial charge in [-0.05, 0) is 67.7 Å². The SMILES string of the molecule is Cc1ccccc1NC(=O)C(NC(=S)Nc1cccc(F)c1)C1CCCCC1. The Kier molecular flexibility index (Phi) is 6.98. The number of aryl methyl sites for hydroxylation is 1. The third-order valence-corrected chi connectivity index (χ3v) is 5.40. The summed E-state index contributed by atoms with van der Waals surface area (Å²) >= 11 is 5.41. The minimum atomic E-state index is -0.437. The zero-order valence-corrected chi connectivity index (χ0v) is 16.8. The van der Waals surface area contributed by atoms with E-state index < -0.39 is 6.04 Å². The van der Waals surface area contributed by atoms with Gasteiger partial charge < -0.3 is 16.0 Å². The zero-order valence-electron chi connectivity index (χ0n) is 16.0. The molecule has 1 unspecified atom stereocenters. The predicted octanol–water partition coefficient (Wildman–Crippen LogP) is 5.01. The number of benzene rings is 2. The van der Waals surface area contributed by atoms with Crippen molar-refractivity contribution < 1.29 is 9.18 Å². The second-order valence-corrected chi connectivity index (χ2v) is 7.70. The predicted molar refractivity (Wildman–Crippen MR) is 116 cm³/mol. The van der Waals surface area contributed by atoms with Crippen molar-refractivity contribution in [2.75, 3.05) is 10.6 Å². The Morgan fingerprint density at radius 1 is 1.07 bits per heavy atom. The van der Waals surface area contributed by atoms with Gasteiger partial charge in [-0.15, -0.1) is 0 Å². The normalized spacial score (nSPS) is 15.5. The topological polar surface area (TPSA) is 53.2 Å². The fourth-order valence-electron chi connectivity index (χ4n) is 3.66. The highest BCUT2D eigenvalue weighted by Gasteiger charge is 2.30. The van der Waals surface area contributed by atoms with Gasteiger partial charge in [0.2, 0.25) is 5.91 Å². The first-order valence-corrected chi connectivity index (χ1v) is 10.1. The Balaban J connectivity index is 1.71. The van der Waals surface area contributed by atoms with Crippen LogP contribution in [0.25, 0.3) is 0 Å². The van der Waals surface area contributed by atoms with Crippen LogP contribution in [-0.4, -0.2) is 17.1 Å². The lowest BCUT2D eigenvalue weighted by molar-refractivity contribution is -0.119. The molecule has 3 N–H and O–H groups in total. The highest BCUT2D eigenvalue weighted by atomic mass is 32.1. The number of nitrogens with one attached hydrogen (secondary N) is 3. The Morgan fingerprint density at radius 3 is 2.54 bits per heavy atom. The largest absolute Gasteiger partial charge is 0.350 e. The molecular weight excluding hydrogens is 373 g/mol. The lowest BCUT2D eigenvalue weighted by Gasteiger charge is -2.31. The van der Waals surface area contributed by atoms with Crippen LogP contribution in [0.1, 0.15) is 37.7 Å². The van der Waals surface area contributed by atoms with Gasteiger partial charge in [0.05, 0.1) is 0 Å². The van der Waals surface area contributed by atoms with Gasteiger partial charge in [-0.3, -0.25) is 4.79 Å². The first-order valence-electron chi connectivity index (χ1n) is 9.72. The average molecular weight is 400 g/mol. The second kappa shape index (κ2) is 9.64. The number of rotatable bonds is 5. The van der Waals surface area contributed by atoms with Crippen LogP contribution < -0.4 is 16.0 Å². The van der Waals surface area contributed by atoms with E-state index in [4.69, 9.17) is 12.2 Å². The summed E-state index contributed by atoms with van der Waals surface area (Å²) in [5.74, 6) is -0.219. The van der Waals surface area contributed by atoms with Crippen LogP contribution in [0.5, 0.6) is 0 Å². The lowest BCUT2D eigenvalue weighted by Crippen LogP contribution is -2.50. The van der Waals surface area contributed by atoms with Gasteiger partial charge in [0.1, 0.15) is 11.9 Å². The van der Waals surface area contributed by atoms with Gasteiger partial charge in [-0.2, -0.15) is 0 Å². The number of hydrogen-bond donors (Lipinski definition) is 3. The van der Waals surface area contributed by atoms with E-state index in [1.807, 2.05) is 31.2 Å². The van der Waals surface area contributed by atoms with E-state index in [1.165, 1.54) is 18.6 Å². The average Bonchev–Trinajstić information content (AvgIpc) is 2.68. The van der Waals surface area contributed by atoms with E-state index in [-0.39, 0.29) is 17.6 Å². The maximum Gasteiger partial charge on any atom is 0.247 e. The molecule has 0 aromatic heterocycles. The minimum absolute atomic E-state index is 0.0930. The molecule has 1 aliphatic carbocycles. The molecule has 0 heterocycles. The molecule has 0 aliphatic heterocycles. The summed E-state index contributed by atoms with van der Waals surface area (Å²) in [5, 5.41) is 9.52. The van der Waals surface area contributed by atoms with Crippen LogP contribution in [0, 0.1) is 18.7 Å². The molecular formula is C22H26FN3OS. The van der Waals surface area contributed by atoms with Gasteiger partial charge in [0.15, 0.2) is 5.11 Å². The molecule has 1 saturated carbocycles. The molecule has 2 aromatic rings. The van der Waals surface area contributed by atoms with Crippen LogP contribution in [0.3, 0.4) is 0 Å². The molecule has 6 heteroatoms. The van der Waals surface area contributed by atoms with Gasteiger partial charge in [-0.25, -0.2) is 4.39 Å². The molecule has 4 nitrogen and oxygen atoms in total. The summed E-state index contributed by atoms with van der Waals surface area (Å²) in [4.78, 5) is 13.1. The highest BCUT2D eigenvalue weighted by Crippen LogP contribution is 2.27. The van der Waals surface area contributed by atoms with Crippen LogP contribution >= 0.6 is 12.2 Å². The summed E-state index contributed by atoms with van der Waals surface area (Å²) in [6.07, 6.45) is 5.41. The van der Waals surface area contributed by atoms with Gasteiger partial charge in [-0.1, -0.05) is 43.5 Å². The Hall–Kier alpha value is -2.47. The zero-order chi connectivity index (χ0) is 19.9. The molecule has 1 aliphatic rings. The van der Waals surface area contributed by atoms with Gasteiger partial charge in [0, 0.05) is 11.4 Å². The van der Waals surface area contributed by atoms with E-state index >= 15 is 0 Å². The van der Waals surface area contributed by atoms with Crippen molar-refractivity contribution in [3.8, 4) is 0 Å². The fourth-order valence-corrected chi connectivity index (χ4v) is 3.91. The molecule has 3 rings (SSSR count). The quantitative estimate of drug-likeness (QED) is 0.619. The molecule has 1 amide bonds. The van der Waals surface area contributed by atoms with Gasteiger partial charge >= 0.3 is 0 Å². The van der Waals surface area contributed by atoms with Crippen molar-refractivity contribution in [1.82, 2.24) is 5.32 Å². The number of anilines is 2. The van der Waals surface area contributed by atoms with Crippen molar-refractivity contribution in [3.63, 3.8) is 0 Å². The maximum atomic E-state index is 13.4. The standard InChI is InChI=1S/C22H26FN3OS/c1-15-8-5-6-13-19(15)25-21(27)20(16-9-3-2-4-10-16)26-22(28)24-18-12-7-11-17(23)14-18/h5-8,11-14,16,20H,2-4,9-10H2,1H3,(H,25,27)(H2,24,26,28). The lowest BCUT2D eigenvalue weighted by atomic mass is 9.83. The maximum absolute atomic E-state index is 13.4. The number of para-hydroxylation sites is 1. The molecule has 148 valence electrons. The Morgan fingerprint density at radius 2 is 1.82 bits per heavy atom. The van der Waals surface area contributed by atoms with Crippen LogP contribution in [0.4, 0.5) is 15.8 Å². The first-order chi connectivity index (χ1) is 13.5. The third-order valence-electron chi connectivity index (χ3n) is 5.18. The highest BCUT2D eigenvalue weighted by molar-refractivity contribution is 7.80. The molecule has 0 saturated heterocycles. The number of thiocarbonyl (C=S) groups is 1. The number of carbonyl (C=O) groups excluding carboxylic acids is 1. The van der Waals surface area contributed by atoms with E-state index in [1.54, 1.807) is 12.1 Å². The third kappa shape index (κ3) is 5.52. The summed E-state index contributed by atoms with van der Waals surface area (Å²) in [6.45, 7) is 1.97. The number of amides is 1. The molecule has 0 spiro atoms. The first kappa shape index (κ1) is 20.3. The summed E-state index contributed by atoms with van der Waals surface area (Å²) in [6, 6.07) is 13.4. The van der Waals surface area contributed by atoms with E-state index in [0.29, 0.717) is 10.8 Å². The van der Waals surface area contributed by atoms with Crippen molar-refractivity contribution in [3.05, 3.63) is 59.9 Å². The van der Waals surface area contributed by atoms with Crippen molar-refractivity contribution in [1.29, 1.82) is 0 Å². The Labute approximate surface area is 170 Å². The fraction of sp³-hybridized carbons (Fsp3) is 0.364. The van der Waals surface area contributed by atoms with Crippen LogP contribution in [0.2, 0.25) is 0 Å². The van der Waals surface area contributed by atoms with E-state index in [9.17, 15) is 9.18 Å². The number of halogens is 1. The monoisotopic (exact) mass is 399 g/mol. The molecule has 1 fully saturated rings. The van der Waals surface area contributed by atoms with Crippen LogP contribution in [-0.2, 0) is 4.79 Å². The van der Waals surface area contributed by atoms with E-state index in [0.717, 1.165) is 36.9 Å². The Bertz CT molecular complexity index is 836. The summed E-state index contributed by atoms with van der Waals surface area (Å²) in [5.41, 5.74) is 2.37. The van der Waals surface area contributed by atoms with E-state index in [2.05, 4.69) is 16.0 Å². The van der Waals surface area contributed by atoms with Crippen molar-refractivity contribution >= 4 is 34.6 Å². The van der Waals surface area contributed by atoms with Gasteiger partial charge in [0.25, 0.3) is 0 Å². The smallest absolute Gasteiger partial charge is 0.247 e. The number of hydrogen-bond acceptors (Lipinski definition) is 2. The second-order valence-electron chi connectivity index (χ2n) is 7.29. The summed E-state index contributed by atoms with van der Waals surface area (Å²) in [7, 11) is 0. The summed E-state index contributed by atoms with van der Waals surface area (Å²) < 4.78 is 13.4. The molecule has 2 aromatic carbocycles. The minimum Gasteiger partial charge on any atom is -0.350 e. The molecule has 28 heavy (non-hydrogen) atoms. The van der Waals surface area contributed by atoms with Crippen LogP contribution in [0.15, 0.2) is 48.5 Å². The van der Waals surface area contributed by atoms with Crippen molar-refractivity contribution in [2.45, 2.75) is 45.1 Å². The number of carbonyl (C=O) groups is 1. The molecule has 0 bridgehead atoms. The molecule has 0 radical (unpaired) electrons. The molecule has 1 atom stereocenters. The van der Waals surface area contributed by atoms with Crippen molar-refractivity contribution in [2.24, 2.45) is 5.92 Å².